The summed E-state index contributed by atoms with van der Waals surface area (Å²) in [5.41, 5.74) is 0. The van der Waals surface area contributed by atoms with E-state index in [1.165, 1.54) is 26.2 Å². The van der Waals surface area contributed by atoms with E-state index in [4.69, 9.17) is 0 Å². The largest absolute Gasteiger partial charge is 0.749 e. The van der Waals surface area contributed by atoms with Gasteiger partial charge in [-0.05, 0) is 26.2 Å². The standard InChI is InChI=1S/C11H22O5S2/c1-3-4-5-6-7-8-9-10-11(2)18(14,15)16-17(12)13/h8-9,11H,3-7,10H2,1-2H3,(H,12,13)/p-1. The van der Waals surface area contributed by atoms with E-state index < -0.39 is 26.7 Å². The molecule has 0 aromatic carbocycles. The van der Waals surface area contributed by atoms with Crippen LogP contribution in [0, 0.1) is 0 Å². The molecule has 7 heteroatoms. The number of unbranched alkanes of at least 4 members (excludes halogenated alkanes) is 4. The topological polar surface area (TPSA) is 83.5 Å². The van der Waals surface area contributed by atoms with Crippen molar-refractivity contribution in [1.82, 2.24) is 0 Å². The molecule has 0 saturated carbocycles. The molecule has 0 aliphatic rings. The summed E-state index contributed by atoms with van der Waals surface area (Å²) < 4.78 is 46.8. The molecule has 2 unspecified atom stereocenters. The van der Waals surface area contributed by atoms with E-state index >= 15 is 0 Å². The van der Waals surface area contributed by atoms with Crippen LogP contribution in [0.5, 0.6) is 0 Å². The fraction of sp³-hybridized carbons (Fsp3) is 0.818. The first-order valence-electron chi connectivity index (χ1n) is 6.08. The monoisotopic (exact) mass is 297 g/mol. The summed E-state index contributed by atoms with van der Waals surface area (Å²) in [6, 6.07) is 0. The third-order valence-corrected chi connectivity index (χ3v) is 4.88. The van der Waals surface area contributed by atoms with Gasteiger partial charge in [0, 0.05) is 0 Å². The number of hydrogen-bond donors (Lipinski definition) is 0. The zero-order valence-electron chi connectivity index (χ0n) is 10.8. The van der Waals surface area contributed by atoms with Crippen molar-refractivity contribution in [2.75, 3.05) is 0 Å². The average molecular weight is 297 g/mol. The van der Waals surface area contributed by atoms with Gasteiger partial charge >= 0.3 is 0 Å². The van der Waals surface area contributed by atoms with Crippen LogP contribution >= 0.6 is 0 Å². The molecule has 0 aliphatic heterocycles. The van der Waals surface area contributed by atoms with Crippen LogP contribution in [0.15, 0.2) is 12.2 Å². The zero-order valence-corrected chi connectivity index (χ0v) is 12.5. The van der Waals surface area contributed by atoms with Crippen molar-refractivity contribution in [1.29, 1.82) is 0 Å². The number of allylic oxidation sites excluding steroid dienone is 2. The van der Waals surface area contributed by atoms with E-state index in [1.54, 1.807) is 6.08 Å². The SMILES string of the molecule is CCCCCCC=CCC(C)S(=O)(=O)OS(=O)[O-]. The Morgan fingerprint density at radius 1 is 1.28 bits per heavy atom. The van der Waals surface area contributed by atoms with Crippen LogP contribution in [0.4, 0.5) is 0 Å². The van der Waals surface area contributed by atoms with Gasteiger partial charge in [-0.3, -0.25) is 0 Å². The third kappa shape index (κ3) is 8.79. The van der Waals surface area contributed by atoms with Crippen LogP contribution in [-0.4, -0.2) is 22.4 Å². The van der Waals surface area contributed by atoms with Crippen molar-refractivity contribution >= 4 is 21.5 Å². The molecule has 0 saturated heterocycles. The molecule has 0 radical (unpaired) electrons. The smallest absolute Gasteiger partial charge is 0.282 e. The van der Waals surface area contributed by atoms with Gasteiger partial charge in [-0.15, -0.1) is 0 Å². The lowest BCUT2D eigenvalue weighted by Gasteiger charge is -2.11. The Morgan fingerprint density at radius 3 is 2.50 bits per heavy atom. The fourth-order valence-electron chi connectivity index (χ4n) is 1.36. The molecule has 0 spiro atoms. The average Bonchev–Trinajstić information content (AvgIpc) is 2.25. The van der Waals surface area contributed by atoms with Crippen molar-refractivity contribution < 1.29 is 20.8 Å². The number of hydrogen-bond acceptors (Lipinski definition) is 5. The first kappa shape index (κ1) is 17.8. The summed E-state index contributed by atoms with van der Waals surface area (Å²) in [5, 5.41) is -0.859. The molecule has 0 heterocycles. The van der Waals surface area contributed by atoms with Gasteiger partial charge in [0.2, 0.25) is 0 Å². The Hall–Kier alpha value is -0.240. The molecule has 108 valence electrons. The van der Waals surface area contributed by atoms with Gasteiger partial charge in [0.1, 0.15) is 11.4 Å². The van der Waals surface area contributed by atoms with Crippen molar-refractivity contribution in [2.24, 2.45) is 0 Å². The lowest BCUT2D eigenvalue weighted by atomic mass is 10.1. The summed E-state index contributed by atoms with van der Waals surface area (Å²) in [5.74, 6) is 0. The molecule has 0 aliphatic carbocycles. The van der Waals surface area contributed by atoms with E-state index in [0.29, 0.717) is 0 Å². The van der Waals surface area contributed by atoms with E-state index in [1.807, 2.05) is 6.08 Å². The first-order valence-corrected chi connectivity index (χ1v) is 8.55. The van der Waals surface area contributed by atoms with Crippen LogP contribution in [0.1, 0.15) is 52.4 Å². The van der Waals surface area contributed by atoms with Crippen LogP contribution in [0.2, 0.25) is 0 Å². The van der Waals surface area contributed by atoms with Gasteiger partial charge in [0.15, 0.2) is 0 Å². The Kier molecular flexibility index (Phi) is 9.53. The lowest BCUT2D eigenvalue weighted by molar-refractivity contribution is 0.424. The molecule has 0 aromatic heterocycles. The minimum absolute atomic E-state index is 0.257. The molecule has 5 nitrogen and oxygen atoms in total. The molecule has 18 heavy (non-hydrogen) atoms. The highest BCUT2D eigenvalue weighted by Crippen LogP contribution is 2.11. The summed E-state index contributed by atoms with van der Waals surface area (Å²) in [7, 11) is -4.02. The van der Waals surface area contributed by atoms with Crippen LogP contribution in [-0.2, 0) is 25.1 Å². The summed E-state index contributed by atoms with van der Waals surface area (Å²) in [4.78, 5) is 0. The number of rotatable bonds is 10. The van der Waals surface area contributed by atoms with Crippen LogP contribution < -0.4 is 0 Å². The predicted octanol–water partition coefficient (Wildman–Crippen LogP) is 2.43. The maximum Gasteiger partial charge on any atom is 0.282 e. The molecular formula is C11H21O5S2-. The fourth-order valence-corrected chi connectivity index (χ4v) is 2.86. The van der Waals surface area contributed by atoms with Gasteiger partial charge < -0.3 is 4.55 Å². The second-order valence-electron chi connectivity index (χ2n) is 4.13. The highest BCUT2D eigenvalue weighted by Gasteiger charge is 2.21. The second kappa shape index (κ2) is 9.66. The van der Waals surface area contributed by atoms with Crippen LogP contribution in [0.25, 0.3) is 0 Å². The zero-order chi connectivity index (χ0) is 14.0. The van der Waals surface area contributed by atoms with Gasteiger partial charge in [-0.1, -0.05) is 38.3 Å². The molecular weight excluding hydrogens is 276 g/mol. The van der Waals surface area contributed by atoms with Gasteiger partial charge in [-0.2, -0.15) is 12.0 Å². The summed E-state index contributed by atoms with van der Waals surface area (Å²) >= 11 is -3.03. The Morgan fingerprint density at radius 2 is 1.94 bits per heavy atom. The van der Waals surface area contributed by atoms with Crippen molar-refractivity contribution in [3.8, 4) is 0 Å². The quantitative estimate of drug-likeness (QED) is 0.351. The summed E-state index contributed by atoms with van der Waals surface area (Å²) in [6.07, 6.45) is 9.51. The highest BCUT2D eigenvalue weighted by atomic mass is 32.3. The maximum atomic E-state index is 11.3. The Balaban J connectivity index is 3.91. The van der Waals surface area contributed by atoms with Crippen molar-refractivity contribution in [3.63, 3.8) is 0 Å². The van der Waals surface area contributed by atoms with E-state index in [-0.39, 0.29) is 6.42 Å². The van der Waals surface area contributed by atoms with Gasteiger partial charge in [0.25, 0.3) is 10.1 Å². The first-order chi connectivity index (χ1) is 8.40. The van der Waals surface area contributed by atoms with Crippen LogP contribution in [0.3, 0.4) is 0 Å². The third-order valence-electron chi connectivity index (χ3n) is 2.50. The second-order valence-corrected chi connectivity index (χ2v) is 6.87. The minimum atomic E-state index is -4.02. The van der Waals surface area contributed by atoms with Gasteiger partial charge in [-0.25, -0.2) is 4.21 Å². The molecule has 0 aromatic rings. The van der Waals surface area contributed by atoms with Gasteiger partial charge in [0.05, 0.1) is 5.25 Å². The predicted molar refractivity (Wildman–Crippen MR) is 70.9 cm³/mol. The molecule has 0 bridgehead atoms. The molecule has 0 amide bonds. The van der Waals surface area contributed by atoms with Crippen molar-refractivity contribution in [3.05, 3.63) is 12.2 Å². The highest BCUT2D eigenvalue weighted by molar-refractivity contribution is 7.95. The molecule has 2 atom stereocenters. The Labute approximate surface area is 112 Å². The van der Waals surface area contributed by atoms with Crippen molar-refractivity contribution in [2.45, 2.75) is 57.6 Å². The van der Waals surface area contributed by atoms with E-state index in [9.17, 15) is 17.2 Å². The molecule has 0 rings (SSSR count). The lowest BCUT2D eigenvalue weighted by Crippen LogP contribution is -2.20. The van der Waals surface area contributed by atoms with E-state index in [0.717, 1.165) is 12.8 Å². The Bertz CT molecular complexity index is 362. The summed E-state index contributed by atoms with van der Waals surface area (Å²) in [6.45, 7) is 3.56. The van der Waals surface area contributed by atoms with E-state index in [2.05, 4.69) is 10.6 Å². The minimum Gasteiger partial charge on any atom is -0.749 e. The molecule has 0 fully saturated rings. The maximum absolute atomic E-state index is 11.3. The molecule has 0 N–H and O–H groups in total. The normalized spacial score (nSPS) is 15.9.